The molecule has 0 radical (unpaired) electrons. The van der Waals surface area contributed by atoms with Crippen molar-refractivity contribution in [2.45, 2.75) is 13.5 Å². The first kappa shape index (κ1) is 18.0. The van der Waals surface area contributed by atoms with Crippen LogP contribution in [0.5, 0.6) is 5.75 Å². The van der Waals surface area contributed by atoms with Crippen LogP contribution in [0.4, 0.5) is 16.6 Å². The van der Waals surface area contributed by atoms with Gasteiger partial charge in [-0.3, -0.25) is 0 Å². The van der Waals surface area contributed by atoms with E-state index in [9.17, 15) is 5.11 Å². The zero-order valence-electron chi connectivity index (χ0n) is 15.4. The third kappa shape index (κ3) is 4.47. The molecule has 2 aromatic heterocycles. The Balaban J connectivity index is 1.46. The summed E-state index contributed by atoms with van der Waals surface area (Å²) in [5.41, 5.74) is 4.06. The van der Waals surface area contributed by atoms with Gasteiger partial charge in [0.25, 0.3) is 0 Å². The van der Waals surface area contributed by atoms with E-state index in [0.717, 1.165) is 26.8 Å². The van der Waals surface area contributed by atoms with Crippen molar-refractivity contribution in [2.75, 3.05) is 10.6 Å². The fourth-order valence-electron chi connectivity index (χ4n) is 2.83. The lowest BCUT2D eigenvalue weighted by molar-refractivity contribution is 0.474. The number of benzene rings is 2. The van der Waals surface area contributed by atoms with Crippen molar-refractivity contribution in [3.8, 4) is 16.3 Å². The molecule has 3 N–H and O–H groups in total. The smallest absolute Gasteiger partial charge is 0.227 e. The first-order valence-corrected chi connectivity index (χ1v) is 9.76. The van der Waals surface area contributed by atoms with Gasteiger partial charge in [0.15, 0.2) is 0 Å². The van der Waals surface area contributed by atoms with Crippen LogP contribution >= 0.6 is 11.3 Å². The van der Waals surface area contributed by atoms with Crippen LogP contribution in [0, 0.1) is 6.92 Å². The van der Waals surface area contributed by atoms with Gasteiger partial charge in [-0.2, -0.15) is 0 Å². The largest absolute Gasteiger partial charge is 0.508 e. The number of aryl methyl sites for hydroxylation is 1. The zero-order chi connectivity index (χ0) is 19.3. The van der Waals surface area contributed by atoms with E-state index in [1.54, 1.807) is 29.7 Å². The topological polar surface area (TPSA) is 70.1 Å². The second kappa shape index (κ2) is 8.10. The number of hydrogen-bond donors (Lipinski definition) is 3. The van der Waals surface area contributed by atoms with Crippen molar-refractivity contribution in [3.05, 3.63) is 84.1 Å². The van der Waals surface area contributed by atoms with E-state index in [2.05, 4.69) is 39.7 Å². The fraction of sp³-hybridized carbons (Fsp3) is 0.0909. The number of anilines is 3. The molecule has 0 unspecified atom stereocenters. The Morgan fingerprint density at radius 3 is 2.75 bits per heavy atom. The van der Waals surface area contributed by atoms with Gasteiger partial charge in [-0.15, -0.1) is 11.3 Å². The maximum atomic E-state index is 9.56. The Labute approximate surface area is 167 Å². The highest BCUT2D eigenvalue weighted by molar-refractivity contribution is 7.19. The van der Waals surface area contributed by atoms with Crippen LogP contribution in [0.2, 0.25) is 0 Å². The minimum atomic E-state index is 0.279. The lowest BCUT2D eigenvalue weighted by Crippen LogP contribution is -1.97. The summed E-state index contributed by atoms with van der Waals surface area (Å²) in [7, 11) is 0. The minimum absolute atomic E-state index is 0.279. The van der Waals surface area contributed by atoms with Gasteiger partial charge in [0.2, 0.25) is 5.95 Å². The summed E-state index contributed by atoms with van der Waals surface area (Å²) >= 11 is 1.64. The number of rotatable bonds is 6. The van der Waals surface area contributed by atoms with Gasteiger partial charge in [0, 0.05) is 18.4 Å². The van der Waals surface area contributed by atoms with Crippen molar-refractivity contribution in [2.24, 2.45) is 0 Å². The quantitative estimate of drug-likeness (QED) is 0.402. The normalized spacial score (nSPS) is 10.6. The van der Waals surface area contributed by atoms with Crippen molar-refractivity contribution >= 4 is 28.0 Å². The Kier molecular flexibility index (Phi) is 5.21. The van der Waals surface area contributed by atoms with Crippen LogP contribution in [-0.2, 0) is 6.54 Å². The van der Waals surface area contributed by atoms with Crippen molar-refractivity contribution in [1.29, 1.82) is 0 Å². The molecule has 4 aromatic rings. The highest BCUT2D eigenvalue weighted by Gasteiger charge is 2.07. The second-order valence-corrected chi connectivity index (χ2v) is 7.53. The average molecular weight is 388 g/mol. The summed E-state index contributed by atoms with van der Waals surface area (Å²) in [5, 5.41) is 17.3. The van der Waals surface area contributed by atoms with Crippen molar-refractivity contribution < 1.29 is 5.11 Å². The molecule has 0 saturated carbocycles. The summed E-state index contributed by atoms with van der Waals surface area (Å²) in [6, 6.07) is 21.4. The maximum absolute atomic E-state index is 9.56. The van der Waals surface area contributed by atoms with Gasteiger partial charge in [0.1, 0.15) is 5.75 Å². The first-order chi connectivity index (χ1) is 13.7. The summed E-state index contributed by atoms with van der Waals surface area (Å²) in [5.74, 6) is 0.853. The molecule has 5 nitrogen and oxygen atoms in total. The fourth-order valence-corrected chi connectivity index (χ4v) is 3.71. The molecule has 0 aliphatic rings. The summed E-state index contributed by atoms with van der Waals surface area (Å²) in [6.45, 7) is 2.71. The van der Waals surface area contributed by atoms with Crippen LogP contribution in [0.1, 0.15) is 11.1 Å². The van der Waals surface area contributed by atoms with Crippen LogP contribution in [0.3, 0.4) is 0 Å². The number of thiophene rings is 1. The van der Waals surface area contributed by atoms with Crippen LogP contribution < -0.4 is 10.6 Å². The molecule has 0 spiro atoms. The van der Waals surface area contributed by atoms with E-state index < -0.39 is 0 Å². The van der Waals surface area contributed by atoms with Gasteiger partial charge < -0.3 is 15.7 Å². The lowest BCUT2D eigenvalue weighted by atomic mass is 10.2. The minimum Gasteiger partial charge on any atom is -0.508 e. The number of hydrogen-bond acceptors (Lipinski definition) is 6. The van der Waals surface area contributed by atoms with Crippen LogP contribution in [-0.4, -0.2) is 15.1 Å². The summed E-state index contributed by atoms with van der Waals surface area (Å²) < 4.78 is 0. The van der Waals surface area contributed by atoms with E-state index in [1.165, 1.54) is 5.56 Å². The monoisotopic (exact) mass is 388 g/mol. The molecule has 2 aromatic carbocycles. The van der Waals surface area contributed by atoms with Gasteiger partial charge in [0.05, 0.1) is 15.6 Å². The molecule has 0 fully saturated rings. The molecule has 140 valence electrons. The number of phenols is 1. The number of nitrogens with zero attached hydrogens (tertiary/aromatic N) is 2. The zero-order valence-corrected chi connectivity index (χ0v) is 16.2. The molecule has 0 amide bonds. The number of nitrogens with one attached hydrogen (secondary N) is 2. The van der Waals surface area contributed by atoms with Gasteiger partial charge >= 0.3 is 0 Å². The van der Waals surface area contributed by atoms with Crippen LogP contribution in [0.15, 0.2) is 72.9 Å². The van der Waals surface area contributed by atoms with E-state index >= 15 is 0 Å². The number of aromatic hydroxyl groups is 1. The Bertz CT molecular complexity index is 1090. The molecular formula is C22H20N4OS. The molecule has 0 atom stereocenters. The van der Waals surface area contributed by atoms with Gasteiger partial charge in [-0.1, -0.05) is 24.3 Å². The highest BCUT2D eigenvalue weighted by Crippen LogP contribution is 2.31. The summed E-state index contributed by atoms with van der Waals surface area (Å²) in [4.78, 5) is 10.0. The molecule has 0 bridgehead atoms. The van der Waals surface area contributed by atoms with E-state index in [4.69, 9.17) is 0 Å². The number of aromatic nitrogens is 2. The first-order valence-electron chi connectivity index (χ1n) is 8.94. The predicted molar refractivity (Wildman–Crippen MR) is 115 cm³/mol. The van der Waals surface area contributed by atoms with Gasteiger partial charge in [-0.05, 0) is 60.5 Å². The van der Waals surface area contributed by atoms with Crippen molar-refractivity contribution in [1.82, 2.24) is 9.97 Å². The molecule has 28 heavy (non-hydrogen) atoms. The Morgan fingerprint density at radius 2 is 1.89 bits per heavy atom. The maximum Gasteiger partial charge on any atom is 0.227 e. The highest BCUT2D eigenvalue weighted by atomic mass is 32.1. The Hall–Kier alpha value is -3.38. The van der Waals surface area contributed by atoms with Crippen LogP contribution in [0.25, 0.3) is 10.6 Å². The molecule has 2 heterocycles. The standard InChI is InChI=1S/C22H20N4OS/c1-15-4-2-6-17(12-15)25-22-23-11-10-19(26-22)20-8-9-21(28-20)24-14-16-5-3-7-18(27)13-16/h2-13,24,27H,14H2,1H3,(H,23,25,26). The van der Waals surface area contributed by atoms with E-state index in [-0.39, 0.29) is 5.75 Å². The van der Waals surface area contributed by atoms with E-state index in [0.29, 0.717) is 12.5 Å². The molecule has 0 aliphatic carbocycles. The predicted octanol–water partition coefficient (Wildman–Crippen LogP) is 5.57. The summed E-state index contributed by atoms with van der Waals surface area (Å²) in [6.07, 6.45) is 1.76. The third-order valence-corrected chi connectivity index (χ3v) is 5.23. The van der Waals surface area contributed by atoms with Crippen molar-refractivity contribution in [3.63, 3.8) is 0 Å². The number of phenolic OH excluding ortho intramolecular Hbond substituents is 1. The Morgan fingerprint density at radius 1 is 1.00 bits per heavy atom. The lowest BCUT2D eigenvalue weighted by Gasteiger charge is -2.06. The average Bonchev–Trinajstić information content (AvgIpc) is 3.16. The third-order valence-electron chi connectivity index (χ3n) is 4.17. The molecule has 6 heteroatoms. The molecule has 4 rings (SSSR count). The van der Waals surface area contributed by atoms with Gasteiger partial charge in [-0.25, -0.2) is 9.97 Å². The molecule has 0 aliphatic heterocycles. The van der Waals surface area contributed by atoms with E-state index in [1.807, 2.05) is 42.5 Å². The molecule has 0 saturated heterocycles. The second-order valence-electron chi connectivity index (χ2n) is 6.45. The molecular weight excluding hydrogens is 368 g/mol. The SMILES string of the molecule is Cc1cccc(Nc2nccc(-c3ccc(NCc4cccc(O)c4)s3)n2)c1.